The summed E-state index contributed by atoms with van der Waals surface area (Å²) in [5.41, 5.74) is 2.87. The Morgan fingerprint density at radius 3 is 2.32 bits per heavy atom. The van der Waals surface area contributed by atoms with Gasteiger partial charge in [-0.3, -0.25) is 9.48 Å². The highest BCUT2D eigenvalue weighted by Gasteiger charge is 2.16. The van der Waals surface area contributed by atoms with Crippen LogP contribution in [0.15, 0.2) is 73.1 Å². The van der Waals surface area contributed by atoms with Gasteiger partial charge in [-0.05, 0) is 24.6 Å². The van der Waals surface area contributed by atoms with E-state index in [1.807, 2.05) is 73.8 Å². The van der Waals surface area contributed by atoms with Gasteiger partial charge in [-0.1, -0.05) is 48.5 Å². The van der Waals surface area contributed by atoms with Gasteiger partial charge in [0.15, 0.2) is 0 Å². The number of para-hydroxylation sites is 1. The van der Waals surface area contributed by atoms with Crippen LogP contribution in [0.1, 0.15) is 13.0 Å². The van der Waals surface area contributed by atoms with Crippen molar-refractivity contribution in [2.24, 2.45) is 0 Å². The number of benzene rings is 2. The minimum atomic E-state index is -0.377. The molecule has 1 heterocycles. The molecular weight excluding hydrogens is 274 g/mol. The van der Waals surface area contributed by atoms with Crippen LogP contribution in [0.5, 0.6) is 0 Å². The number of aromatic nitrogens is 2. The second-order valence-corrected chi connectivity index (χ2v) is 5.11. The van der Waals surface area contributed by atoms with E-state index >= 15 is 0 Å². The molecule has 1 atom stereocenters. The highest BCUT2D eigenvalue weighted by Crippen LogP contribution is 2.20. The lowest BCUT2D eigenvalue weighted by molar-refractivity contribution is -0.119. The molecule has 1 N–H and O–H groups in total. The van der Waals surface area contributed by atoms with E-state index < -0.39 is 0 Å². The summed E-state index contributed by atoms with van der Waals surface area (Å²) < 4.78 is 1.68. The zero-order valence-electron chi connectivity index (χ0n) is 12.3. The van der Waals surface area contributed by atoms with Crippen LogP contribution in [-0.4, -0.2) is 15.7 Å². The fourth-order valence-electron chi connectivity index (χ4n) is 2.22. The Labute approximate surface area is 129 Å². The molecule has 0 bridgehead atoms. The van der Waals surface area contributed by atoms with Gasteiger partial charge in [-0.2, -0.15) is 5.10 Å². The van der Waals surface area contributed by atoms with Crippen molar-refractivity contribution in [1.29, 1.82) is 0 Å². The normalized spacial score (nSPS) is 11.9. The summed E-state index contributed by atoms with van der Waals surface area (Å²) in [6.45, 7) is 1.83. The zero-order chi connectivity index (χ0) is 15.4. The van der Waals surface area contributed by atoms with E-state index in [-0.39, 0.29) is 11.9 Å². The van der Waals surface area contributed by atoms with Gasteiger partial charge in [0.25, 0.3) is 0 Å². The number of carbonyl (C=O) groups excluding carboxylic acids is 1. The van der Waals surface area contributed by atoms with Crippen molar-refractivity contribution in [1.82, 2.24) is 9.78 Å². The molecule has 0 aliphatic heterocycles. The topological polar surface area (TPSA) is 46.9 Å². The SMILES string of the molecule is C[C@H](C(=O)Nc1ccccc1)n1cc(-c2ccccc2)cn1. The summed E-state index contributed by atoms with van der Waals surface area (Å²) in [5.74, 6) is -0.0890. The number of nitrogens with one attached hydrogen (secondary N) is 1. The Kier molecular flexibility index (Phi) is 4.01. The summed E-state index contributed by atoms with van der Waals surface area (Å²) in [6.07, 6.45) is 3.67. The summed E-state index contributed by atoms with van der Waals surface area (Å²) >= 11 is 0. The molecule has 0 saturated heterocycles. The molecule has 0 fully saturated rings. The van der Waals surface area contributed by atoms with Gasteiger partial charge in [0.2, 0.25) is 5.91 Å². The number of carbonyl (C=O) groups is 1. The van der Waals surface area contributed by atoms with Crippen LogP contribution in [-0.2, 0) is 4.79 Å². The fraction of sp³-hybridized carbons (Fsp3) is 0.111. The second kappa shape index (κ2) is 6.26. The third-order valence-electron chi connectivity index (χ3n) is 3.53. The molecule has 0 unspecified atom stereocenters. The minimum absolute atomic E-state index is 0.0890. The maximum Gasteiger partial charge on any atom is 0.248 e. The van der Waals surface area contributed by atoms with E-state index in [1.54, 1.807) is 10.9 Å². The van der Waals surface area contributed by atoms with Gasteiger partial charge in [0.1, 0.15) is 6.04 Å². The quantitative estimate of drug-likeness (QED) is 0.795. The third-order valence-corrected chi connectivity index (χ3v) is 3.53. The molecular formula is C18H17N3O. The third kappa shape index (κ3) is 3.06. The van der Waals surface area contributed by atoms with Crippen molar-refractivity contribution in [2.45, 2.75) is 13.0 Å². The molecule has 3 rings (SSSR count). The Bertz CT molecular complexity index is 750. The predicted molar refractivity (Wildman–Crippen MR) is 87.4 cm³/mol. The predicted octanol–water partition coefficient (Wildman–Crippen LogP) is 3.75. The van der Waals surface area contributed by atoms with Crippen LogP contribution in [0.2, 0.25) is 0 Å². The minimum Gasteiger partial charge on any atom is -0.324 e. The second-order valence-electron chi connectivity index (χ2n) is 5.11. The fourth-order valence-corrected chi connectivity index (χ4v) is 2.22. The molecule has 1 aromatic heterocycles. The standard InChI is InChI=1S/C18H17N3O/c1-14(18(22)20-17-10-6-3-7-11-17)21-13-16(12-19-21)15-8-4-2-5-9-15/h2-14H,1H3,(H,20,22)/t14-/m1/s1. The van der Waals surface area contributed by atoms with Crippen molar-refractivity contribution >= 4 is 11.6 Å². The van der Waals surface area contributed by atoms with E-state index in [2.05, 4.69) is 10.4 Å². The number of amides is 1. The lowest BCUT2D eigenvalue weighted by Crippen LogP contribution is -2.23. The lowest BCUT2D eigenvalue weighted by Gasteiger charge is -2.12. The van der Waals surface area contributed by atoms with Crippen LogP contribution in [0.4, 0.5) is 5.69 Å². The van der Waals surface area contributed by atoms with Crippen LogP contribution in [0, 0.1) is 0 Å². The van der Waals surface area contributed by atoms with E-state index in [0.717, 1.165) is 16.8 Å². The first kappa shape index (κ1) is 14.1. The first-order valence-electron chi connectivity index (χ1n) is 7.19. The zero-order valence-corrected chi connectivity index (χ0v) is 12.3. The van der Waals surface area contributed by atoms with Crippen molar-refractivity contribution in [2.75, 3.05) is 5.32 Å². The molecule has 22 heavy (non-hydrogen) atoms. The molecule has 0 spiro atoms. The lowest BCUT2D eigenvalue weighted by atomic mass is 10.1. The average molecular weight is 291 g/mol. The molecule has 0 saturated carbocycles. The van der Waals surface area contributed by atoms with Gasteiger partial charge < -0.3 is 5.32 Å². The van der Waals surface area contributed by atoms with Gasteiger partial charge in [-0.25, -0.2) is 0 Å². The smallest absolute Gasteiger partial charge is 0.248 e. The maximum absolute atomic E-state index is 12.3. The van der Waals surface area contributed by atoms with Gasteiger partial charge >= 0.3 is 0 Å². The van der Waals surface area contributed by atoms with Crippen LogP contribution in [0.3, 0.4) is 0 Å². The van der Waals surface area contributed by atoms with Crippen LogP contribution in [0.25, 0.3) is 11.1 Å². The molecule has 0 radical (unpaired) electrons. The molecule has 0 aliphatic carbocycles. The highest BCUT2D eigenvalue weighted by molar-refractivity contribution is 5.93. The van der Waals surface area contributed by atoms with Gasteiger partial charge in [0.05, 0.1) is 6.20 Å². The number of nitrogens with zero attached hydrogens (tertiary/aromatic N) is 2. The van der Waals surface area contributed by atoms with E-state index in [1.165, 1.54) is 0 Å². The number of hydrogen-bond donors (Lipinski definition) is 1. The molecule has 4 nitrogen and oxygen atoms in total. The molecule has 1 amide bonds. The molecule has 4 heteroatoms. The van der Waals surface area contributed by atoms with Gasteiger partial charge in [0, 0.05) is 17.4 Å². The van der Waals surface area contributed by atoms with E-state index in [9.17, 15) is 4.79 Å². The van der Waals surface area contributed by atoms with Crippen LogP contribution < -0.4 is 5.32 Å². The molecule has 2 aromatic carbocycles. The Hall–Kier alpha value is -2.88. The summed E-state index contributed by atoms with van der Waals surface area (Å²) in [6, 6.07) is 19.0. The number of rotatable bonds is 4. The maximum atomic E-state index is 12.3. The molecule has 110 valence electrons. The van der Waals surface area contributed by atoms with E-state index in [4.69, 9.17) is 0 Å². The van der Waals surface area contributed by atoms with Crippen LogP contribution >= 0.6 is 0 Å². The summed E-state index contributed by atoms with van der Waals surface area (Å²) in [4.78, 5) is 12.3. The van der Waals surface area contributed by atoms with Crippen molar-refractivity contribution in [3.63, 3.8) is 0 Å². The molecule has 3 aromatic rings. The Morgan fingerprint density at radius 2 is 1.64 bits per heavy atom. The summed E-state index contributed by atoms with van der Waals surface area (Å²) in [5, 5.41) is 7.20. The summed E-state index contributed by atoms with van der Waals surface area (Å²) in [7, 11) is 0. The van der Waals surface area contributed by atoms with Gasteiger partial charge in [-0.15, -0.1) is 0 Å². The number of hydrogen-bond acceptors (Lipinski definition) is 2. The van der Waals surface area contributed by atoms with Crippen molar-refractivity contribution in [3.05, 3.63) is 73.1 Å². The number of anilines is 1. The Balaban J connectivity index is 1.74. The average Bonchev–Trinajstić information content (AvgIpc) is 3.06. The highest BCUT2D eigenvalue weighted by atomic mass is 16.2. The monoisotopic (exact) mass is 291 g/mol. The Morgan fingerprint density at radius 1 is 1.00 bits per heavy atom. The first-order valence-corrected chi connectivity index (χ1v) is 7.19. The van der Waals surface area contributed by atoms with E-state index in [0.29, 0.717) is 0 Å². The first-order chi connectivity index (χ1) is 10.7. The largest absolute Gasteiger partial charge is 0.324 e. The van der Waals surface area contributed by atoms with Crippen molar-refractivity contribution in [3.8, 4) is 11.1 Å². The molecule has 0 aliphatic rings. The van der Waals surface area contributed by atoms with Crippen molar-refractivity contribution < 1.29 is 4.79 Å².